The number of nitrogens with one attached hydrogen (secondary N) is 2. The molecule has 2 N–H and O–H groups in total. The zero-order valence-corrected chi connectivity index (χ0v) is 13.8. The first kappa shape index (κ1) is 17.8. The average Bonchev–Trinajstić information content (AvgIpc) is 2.49. The molecule has 5 heteroatoms. The number of hydrogen-bond acceptors (Lipinski definition) is 3. The van der Waals surface area contributed by atoms with Gasteiger partial charge in [0.2, 0.25) is 5.91 Å². The molecule has 0 bridgehead atoms. The van der Waals surface area contributed by atoms with Gasteiger partial charge in [-0.15, -0.1) is 0 Å². The third-order valence-corrected chi connectivity index (χ3v) is 3.54. The van der Waals surface area contributed by atoms with E-state index in [1.807, 2.05) is 18.2 Å². The predicted molar refractivity (Wildman–Crippen MR) is 87.0 cm³/mol. The van der Waals surface area contributed by atoms with Crippen LogP contribution in [0.25, 0.3) is 0 Å². The molecule has 1 unspecified atom stereocenters. The Morgan fingerprint density at radius 3 is 2.81 bits per heavy atom. The molecule has 1 aromatic rings. The quantitative estimate of drug-likeness (QED) is 0.688. The van der Waals surface area contributed by atoms with Crippen LogP contribution in [0.3, 0.4) is 0 Å². The maximum Gasteiger partial charge on any atom is 0.219 e. The lowest BCUT2D eigenvalue weighted by Crippen LogP contribution is -2.19. The second kappa shape index (κ2) is 9.64. The van der Waals surface area contributed by atoms with Crippen LogP contribution in [0.2, 0.25) is 5.02 Å². The third-order valence-electron chi connectivity index (χ3n) is 3.24. The Morgan fingerprint density at radius 2 is 2.19 bits per heavy atom. The van der Waals surface area contributed by atoms with E-state index in [1.165, 1.54) is 0 Å². The second-order valence-corrected chi connectivity index (χ2v) is 5.40. The van der Waals surface area contributed by atoms with Crippen molar-refractivity contribution >= 4 is 17.5 Å². The van der Waals surface area contributed by atoms with Gasteiger partial charge in [0.05, 0.1) is 11.6 Å². The number of halogens is 1. The first-order valence-electron chi connectivity index (χ1n) is 7.44. The van der Waals surface area contributed by atoms with Gasteiger partial charge in [-0.1, -0.05) is 24.6 Å². The Morgan fingerprint density at radius 1 is 1.43 bits per heavy atom. The fourth-order valence-corrected chi connectivity index (χ4v) is 2.17. The Kier molecular flexibility index (Phi) is 8.16. The van der Waals surface area contributed by atoms with Crippen LogP contribution in [0.4, 0.5) is 0 Å². The van der Waals surface area contributed by atoms with Crippen LogP contribution < -0.4 is 15.4 Å². The summed E-state index contributed by atoms with van der Waals surface area (Å²) in [4.78, 5) is 11.1. The number of amides is 1. The van der Waals surface area contributed by atoms with Gasteiger partial charge in [0.25, 0.3) is 0 Å². The summed E-state index contributed by atoms with van der Waals surface area (Å²) in [5.74, 6) is 0.691. The van der Waals surface area contributed by atoms with Crippen molar-refractivity contribution in [2.45, 2.75) is 39.2 Å². The van der Waals surface area contributed by atoms with E-state index >= 15 is 0 Å². The van der Waals surface area contributed by atoms with Crippen molar-refractivity contribution in [3.63, 3.8) is 0 Å². The maximum absolute atomic E-state index is 11.1. The molecule has 1 aromatic carbocycles. The summed E-state index contributed by atoms with van der Waals surface area (Å²) >= 11 is 6.24. The second-order valence-electron chi connectivity index (χ2n) is 4.99. The Bertz CT molecular complexity index is 452. The van der Waals surface area contributed by atoms with E-state index in [4.69, 9.17) is 16.3 Å². The molecule has 4 nitrogen and oxygen atoms in total. The molecule has 0 radical (unpaired) electrons. The molecule has 118 valence electrons. The molecule has 0 fully saturated rings. The van der Waals surface area contributed by atoms with E-state index in [1.54, 1.807) is 7.05 Å². The smallest absolute Gasteiger partial charge is 0.219 e. The number of carbonyl (C=O) groups excluding carboxylic acids is 1. The highest BCUT2D eigenvalue weighted by molar-refractivity contribution is 6.32. The third kappa shape index (κ3) is 6.36. The lowest BCUT2D eigenvalue weighted by atomic mass is 10.1. The first-order chi connectivity index (χ1) is 10.1. The van der Waals surface area contributed by atoms with Crippen LogP contribution in [0.1, 0.15) is 44.7 Å². The fourth-order valence-electron chi connectivity index (χ4n) is 1.92. The molecular weight excluding hydrogens is 288 g/mol. The van der Waals surface area contributed by atoms with Crippen molar-refractivity contribution in [2.24, 2.45) is 0 Å². The number of carbonyl (C=O) groups is 1. The highest BCUT2D eigenvalue weighted by atomic mass is 35.5. The van der Waals surface area contributed by atoms with Gasteiger partial charge in [0.1, 0.15) is 5.75 Å². The molecule has 0 saturated heterocycles. The molecule has 21 heavy (non-hydrogen) atoms. The van der Waals surface area contributed by atoms with E-state index in [0.29, 0.717) is 30.2 Å². The van der Waals surface area contributed by atoms with Gasteiger partial charge < -0.3 is 15.4 Å². The van der Waals surface area contributed by atoms with Gasteiger partial charge in [0.15, 0.2) is 0 Å². The molecule has 0 aliphatic heterocycles. The van der Waals surface area contributed by atoms with Crippen molar-refractivity contribution in [1.29, 1.82) is 0 Å². The molecule has 0 aliphatic carbocycles. The fraction of sp³-hybridized carbons (Fsp3) is 0.562. The van der Waals surface area contributed by atoms with Crippen LogP contribution in [-0.4, -0.2) is 26.1 Å². The largest absolute Gasteiger partial charge is 0.492 e. The van der Waals surface area contributed by atoms with Crippen molar-refractivity contribution in [2.75, 3.05) is 20.2 Å². The van der Waals surface area contributed by atoms with Crippen LogP contribution in [-0.2, 0) is 4.79 Å². The minimum absolute atomic E-state index is 0.0240. The van der Waals surface area contributed by atoms with Crippen molar-refractivity contribution in [3.8, 4) is 5.75 Å². The molecule has 0 saturated carbocycles. The van der Waals surface area contributed by atoms with E-state index in [2.05, 4.69) is 24.5 Å². The highest BCUT2D eigenvalue weighted by Gasteiger charge is 2.08. The lowest BCUT2D eigenvalue weighted by molar-refractivity contribution is -0.120. The maximum atomic E-state index is 11.1. The Hall–Kier alpha value is -1.26. The van der Waals surface area contributed by atoms with Crippen molar-refractivity contribution in [3.05, 3.63) is 28.8 Å². The number of benzene rings is 1. The van der Waals surface area contributed by atoms with Crippen LogP contribution in [0.15, 0.2) is 18.2 Å². The molecule has 0 heterocycles. The van der Waals surface area contributed by atoms with E-state index in [9.17, 15) is 4.79 Å². The van der Waals surface area contributed by atoms with Gasteiger partial charge in [-0.25, -0.2) is 0 Å². The normalized spacial score (nSPS) is 12.0. The Labute approximate surface area is 132 Å². The lowest BCUT2D eigenvalue weighted by Gasteiger charge is -2.15. The molecule has 1 atom stereocenters. The molecule has 0 spiro atoms. The van der Waals surface area contributed by atoms with Crippen molar-refractivity contribution in [1.82, 2.24) is 10.6 Å². The van der Waals surface area contributed by atoms with Gasteiger partial charge in [-0.3, -0.25) is 4.79 Å². The zero-order valence-electron chi connectivity index (χ0n) is 13.0. The van der Waals surface area contributed by atoms with E-state index < -0.39 is 0 Å². The molecule has 1 rings (SSSR count). The number of hydrogen-bond donors (Lipinski definition) is 2. The van der Waals surface area contributed by atoms with Crippen LogP contribution >= 0.6 is 11.6 Å². The average molecular weight is 313 g/mol. The molecule has 0 aromatic heterocycles. The minimum atomic E-state index is 0.0240. The van der Waals surface area contributed by atoms with Gasteiger partial charge in [-0.05, 0) is 44.0 Å². The minimum Gasteiger partial charge on any atom is -0.492 e. The van der Waals surface area contributed by atoms with Crippen molar-refractivity contribution < 1.29 is 9.53 Å². The summed E-state index contributed by atoms with van der Waals surface area (Å²) in [6.45, 7) is 5.72. The van der Waals surface area contributed by atoms with Crippen LogP contribution in [0, 0.1) is 0 Å². The zero-order chi connectivity index (χ0) is 15.7. The summed E-state index contributed by atoms with van der Waals surface area (Å²) in [7, 11) is 1.63. The van der Waals surface area contributed by atoms with Crippen LogP contribution in [0.5, 0.6) is 5.75 Å². The number of rotatable bonds is 9. The summed E-state index contributed by atoms with van der Waals surface area (Å²) < 4.78 is 5.62. The summed E-state index contributed by atoms with van der Waals surface area (Å²) in [6.07, 6.45) is 2.24. The summed E-state index contributed by atoms with van der Waals surface area (Å²) in [5.41, 5.74) is 1.14. The summed E-state index contributed by atoms with van der Waals surface area (Å²) in [6, 6.07) is 6.11. The summed E-state index contributed by atoms with van der Waals surface area (Å²) in [5, 5.41) is 6.62. The monoisotopic (exact) mass is 312 g/mol. The molecule has 0 aliphatic rings. The van der Waals surface area contributed by atoms with E-state index in [-0.39, 0.29) is 11.9 Å². The first-order valence-corrected chi connectivity index (χ1v) is 7.82. The molecular formula is C16H25ClN2O2. The number of ether oxygens (including phenoxy) is 1. The Balaban J connectivity index is 2.48. The highest BCUT2D eigenvalue weighted by Crippen LogP contribution is 2.28. The SMILES string of the molecule is CCCNC(C)c1ccc(OCCCC(=O)NC)c(Cl)c1. The topological polar surface area (TPSA) is 50.4 Å². The van der Waals surface area contributed by atoms with Gasteiger partial charge in [-0.2, -0.15) is 0 Å². The predicted octanol–water partition coefficient (Wildman–Crippen LogP) is 3.31. The van der Waals surface area contributed by atoms with Gasteiger partial charge >= 0.3 is 0 Å². The van der Waals surface area contributed by atoms with Gasteiger partial charge in [0, 0.05) is 19.5 Å². The molecule has 1 amide bonds. The standard InChI is InChI=1S/C16H25ClN2O2/c1-4-9-19-12(2)13-7-8-15(14(17)11-13)21-10-5-6-16(20)18-3/h7-8,11-12,19H,4-6,9-10H2,1-3H3,(H,18,20). The van der Waals surface area contributed by atoms with E-state index in [0.717, 1.165) is 18.5 Å².